The number of rotatable bonds is 9. The zero-order chi connectivity index (χ0) is 23.1. The van der Waals surface area contributed by atoms with Crippen LogP contribution >= 0.6 is 0 Å². The predicted octanol–water partition coefficient (Wildman–Crippen LogP) is 2.70. The van der Waals surface area contributed by atoms with Crippen LogP contribution < -0.4 is 15.6 Å². The van der Waals surface area contributed by atoms with Crippen LogP contribution in [0.15, 0.2) is 58.1 Å². The van der Waals surface area contributed by atoms with Crippen LogP contribution in [0.4, 0.5) is 0 Å². The van der Waals surface area contributed by atoms with Gasteiger partial charge in [-0.1, -0.05) is 12.1 Å². The van der Waals surface area contributed by atoms with Gasteiger partial charge in [-0.25, -0.2) is 4.79 Å². The molecular weight excluding hydrogens is 416 g/mol. The van der Waals surface area contributed by atoms with Crippen molar-refractivity contribution in [1.82, 2.24) is 10.3 Å². The lowest BCUT2D eigenvalue weighted by atomic mass is 9.87. The fourth-order valence-corrected chi connectivity index (χ4v) is 3.30. The smallest absolute Gasteiger partial charge is 0.343 e. The van der Waals surface area contributed by atoms with Crippen molar-refractivity contribution in [3.05, 3.63) is 81.7 Å². The molecule has 0 aliphatic heterocycles. The molecule has 0 unspecified atom stereocenters. The summed E-state index contributed by atoms with van der Waals surface area (Å²) in [4.78, 5) is 40.1. The van der Waals surface area contributed by atoms with Crippen LogP contribution in [0.25, 0.3) is 0 Å². The average Bonchev–Trinajstić information content (AvgIpc) is 3.31. The van der Waals surface area contributed by atoms with Crippen LogP contribution in [0.5, 0.6) is 11.5 Å². The first-order valence-corrected chi connectivity index (χ1v) is 9.99. The molecule has 0 fully saturated rings. The van der Waals surface area contributed by atoms with Gasteiger partial charge in [-0.15, -0.1) is 0 Å². The number of ether oxygens (including phenoxy) is 2. The number of methoxy groups -OCH3 is 1. The van der Waals surface area contributed by atoms with Crippen molar-refractivity contribution in [2.75, 3.05) is 13.7 Å². The third kappa shape index (κ3) is 5.18. The fourth-order valence-electron chi connectivity index (χ4n) is 3.30. The van der Waals surface area contributed by atoms with E-state index in [2.05, 4.69) is 10.3 Å². The lowest BCUT2D eigenvalue weighted by molar-refractivity contribution is -0.121. The molecule has 9 nitrogen and oxygen atoms in total. The van der Waals surface area contributed by atoms with E-state index in [-0.39, 0.29) is 36.6 Å². The standard InChI is InChI=1S/C23H24N2O7/c1-3-31-23(29)18-13-25-22(28)20(21(18)27)17(14-6-8-15(30-2)9-7-14)11-19(26)24-12-16-5-4-10-32-16/h4-10,13,17H,3,11-12H2,1-2H3,(H,24,26)(H2,25,27,28)/t17-/m1/s1. The van der Waals surface area contributed by atoms with Crippen molar-refractivity contribution < 1.29 is 28.6 Å². The molecule has 1 amide bonds. The summed E-state index contributed by atoms with van der Waals surface area (Å²) in [7, 11) is 1.52. The Kier molecular flexibility index (Phi) is 7.33. The van der Waals surface area contributed by atoms with Crippen LogP contribution in [0.3, 0.4) is 0 Å². The van der Waals surface area contributed by atoms with Gasteiger partial charge in [0.15, 0.2) is 0 Å². The molecule has 3 aromatic rings. The van der Waals surface area contributed by atoms with Crippen LogP contribution in [-0.2, 0) is 16.1 Å². The zero-order valence-electron chi connectivity index (χ0n) is 17.7. The third-order valence-corrected chi connectivity index (χ3v) is 4.89. The van der Waals surface area contributed by atoms with E-state index in [0.717, 1.165) is 6.20 Å². The zero-order valence-corrected chi connectivity index (χ0v) is 17.7. The van der Waals surface area contributed by atoms with Gasteiger partial charge in [0.05, 0.1) is 32.1 Å². The van der Waals surface area contributed by atoms with E-state index >= 15 is 0 Å². The highest BCUT2D eigenvalue weighted by atomic mass is 16.5. The number of aromatic amines is 1. The number of hydrogen-bond donors (Lipinski definition) is 3. The number of nitrogens with one attached hydrogen (secondary N) is 2. The van der Waals surface area contributed by atoms with Gasteiger partial charge in [-0.2, -0.15) is 0 Å². The van der Waals surface area contributed by atoms with Crippen molar-refractivity contribution in [3.63, 3.8) is 0 Å². The lowest BCUT2D eigenvalue weighted by Gasteiger charge is -2.19. The van der Waals surface area contributed by atoms with Gasteiger partial charge >= 0.3 is 5.97 Å². The third-order valence-electron chi connectivity index (χ3n) is 4.89. The van der Waals surface area contributed by atoms with Crippen molar-refractivity contribution in [2.24, 2.45) is 0 Å². The first kappa shape index (κ1) is 22.7. The highest BCUT2D eigenvalue weighted by molar-refractivity contribution is 5.92. The molecular formula is C23H24N2O7. The maximum atomic E-state index is 12.7. The second-order valence-electron chi connectivity index (χ2n) is 6.90. The number of aromatic nitrogens is 1. The average molecular weight is 440 g/mol. The maximum Gasteiger partial charge on any atom is 0.343 e. The normalized spacial score (nSPS) is 11.6. The van der Waals surface area contributed by atoms with Crippen LogP contribution in [-0.4, -0.2) is 35.7 Å². The summed E-state index contributed by atoms with van der Waals surface area (Å²) in [5.74, 6) is -1.35. The number of amides is 1. The monoisotopic (exact) mass is 440 g/mol. The predicted molar refractivity (Wildman–Crippen MR) is 115 cm³/mol. The van der Waals surface area contributed by atoms with E-state index in [1.165, 1.54) is 13.4 Å². The van der Waals surface area contributed by atoms with Crippen molar-refractivity contribution >= 4 is 11.9 Å². The topological polar surface area (TPSA) is 131 Å². The molecule has 9 heteroatoms. The molecule has 0 aliphatic carbocycles. The molecule has 0 aliphatic rings. The summed E-state index contributed by atoms with van der Waals surface area (Å²) in [6.07, 6.45) is 2.44. The molecule has 0 saturated heterocycles. The van der Waals surface area contributed by atoms with E-state index < -0.39 is 23.2 Å². The molecule has 2 aromatic heterocycles. The van der Waals surface area contributed by atoms with Crippen LogP contribution in [0, 0.1) is 0 Å². The molecule has 3 N–H and O–H groups in total. The molecule has 1 atom stereocenters. The Bertz CT molecular complexity index is 1120. The molecule has 3 rings (SSSR count). The minimum Gasteiger partial charge on any atom is -0.506 e. The van der Waals surface area contributed by atoms with E-state index in [9.17, 15) is 19.5 Å². The SMILES string of the molecule is CCOC(=O)c1c[nH]c(=O)c([C@H](CC(=O)NCc2ccco2)c2ccc(OC)cc2)c1O. The number of furan rings is 1. The molecule has 0 radical (unpaired) electrons. The van der Waals surface area contributed by atoms with Crippen molar-refractivity contribution in [3.8, 4) is 11.5 Å². The molecule has 0 spiro atoms. The Morgan fingerprint density at radius 2 is 1.97 bits per heavy atom. The van der Waals surface area contributed by atoms with Gasteiger partial charge in [0.25, 0.3) is 5.56 Å². The number of pyridine rings is 1. The Hall–Kier alpha value is -4.01. The van der Waals surface area contributed by atoms with Crippen molar-refractivity contribution in [1.29, 1.82) is 0 Å². The highest BCUT2D eigenvalue weighted by Crippen LogP contribution is 2.34. The van der Waals surface area contributed by atoms with E-state index in [4.69, 9.17) is 13.9 Å². The number of carbonyl (C=O) groups is 2. The van der Waals surface area contributed by atoms with Gasteiger partial charge in [-0.05, 0) is 36.8 Å². The molecule has 2 heterocycles. The van der Waals surface area contributed by atoms with Crippen LogP contribution in [0.2, 0.25) is 0 Å². The minimum absolute atomic E-state index is 0.101. The molecule has 0 saturated carbocycles. The summed E-state index contributed by atoms with van der Waals surface area (Å²) < 4.78 is 15.3. The Morgan fingerprint density at radius 1 is 1.22 bits per heavy atom. The van der Waals surface area contributed by atoms with Crippen molar-refractivity contribution in [2.45, 2.75) is 25.8 Å². The summed E-state index contributed by atoms with van der Waals surface area (Å²) >= 11 is 0. The molecule has 1 aromatic carbocycles. The summed E-state index contributed by atoms with van der Waals surface area (Å²) in [6, 6.07) is 10.2. The van der Waals surface area contributed by atoms with Gasteiger partial charge in [0.2, 0.25) is 5.91 Å². The maximum absolute atomic E-state index is 12.7. The summed E-state index contributed by atoms with van der Waals surface area (Å²) in [5, 5.41) is 13.5. The Morgan fingerprint density at radius 3 is 2.59 bits per heavy atom. The quantitative estimate of drug-likeness (QED) is 0.436. The van der Waals surface area contributed by atoms with E-state index in [1.807, 2.05) is 0 Å². The highest BCUT2D eigenvalue weighted by Gasteiger charge is 2.28. The molecule has 168 valence electrons. The first-order chi connectivity index (χ1) is 15.4. The van der Waals surface area contributed by atoms with Gasteiger partial charge in [-0.3, -0.25) is 9.59 Å². The van der Waals surface area contributed by atoms with Gasteiger partial charge in [0, 0.05) is 18.5 Å². The largest absolute Gasteiger partial charge is 0.506 e. The van der Waals surface area contributed by atoms with Crippen LogP contribution in [0.1, 0.15) is 46.5 Å². The summed E-state index contributed by atoms with van der Waals surface area (Å²) in [6.45, 7) is 1.90. The number of aromatic hydroxyl groups is 1. The number of H-pyrrole nitrogens is 1. The number of esters is 1. The molecule has 0 bridgehead atoms. The van der Waals surface area contributed by atoms with Gasteiger partial charge in [0.1, 0.15) is 22.8 Å². The minimum atomic E-state index is -0.837. The van der Waals surface area contributed by atoms with E-state index in [1.54, 1.807) is 43.3 Å². The van der Waals surface area contributed by atoms with Gasteiger partial charge < -0.3 is 29.3 Å². The Labute approximate surface area is 184 Å². The summed E-state index contributed by atoms with van der Waals surface area (Å²) in [5.41, 5.74) is -0.319. The number of benzene rings is 1. The van der Waals surface area contributed by atoms with E-state index in [0.29, 0.717) is 17.1 Å². The second kappa shape index (κ2) is 10.3. The molecule has 32 heavy (non-hydrogen) atoms. The first-order valence-electron chi connectivity index (χ1n) is 9.99. The number of carbonyl (C=O) groups excluding carboxylic acids is 2. The Balaban J connectivity index is 1.98. The fraction of sp³-hybridized carbons (Fsp3) is 0.261. The number of hydrogen-bond acceptors (Lipinski definition) is 7. The lowest BCUT2D eigenvalue weighted by Crippen LogP contribution is -2.27. The second-order valence-corrected chi connectivity index (χ2v) is 6.90.